The van der Waals surface area contributed by atoms with Crippen LogP contribution in [0.4, 0.5) is 0 Å². The zero-order chi connectivity index (χ0) is 8.36. The molecule has 0 heterocycles. The zero-order valence-electron chi connectivity index (χ0n) is 9.83. The fourth-order valence-corrected chi connectivity index (χ4v) is 1.38. The SMILES string of the molecule is CCCCCCCCCCC.[Cl-].[Cl-].[Mg+2]. The molecule has 0 amide bonds. The van der Waals surface area contributed by atoms with Crippen molar-refractivity contribution in [2.45, 2.75) is 71.6 Å². The normalized spacial score (nSPS) is 8.14. The molecule has 0 aromatic rings. The first kappa shape index (κ1) is 24.5. The Morgan fingerprint density at radius 2 is 0.714 bits per heavy atom. The minimum Gasteiger partial charge on any atom is -1.00 e. The Labute approximate surface area is 119 Å². The third-order valence-corrected chi connectivity index (χ3v) is 2.21. The second kappa shape index (κ2) is 23.9. The van der Waals surface area contributed by atoms with Crippen LogP contribution in [0.25, 0.3) is 0 Å². The van der Waals surface area contributed by atoms with Crippen molar-refractivity contribution in [3.63, 3.8) is 0 Å². The first-order valence-corrected chi connectivity index (χ1v) is 5.41. The Bertz CT molecular complexity index is 62.3. The molecular formula is C11H24Cl2Mg. The van der Waals surface area contributed by atoms with Gasteiger partial charge in [-0.15, -0.1) is 0 Å². The molecule has 0 radical (unpaired) electrons. The summed E-state index contributed by atoms with van der Waals surface area (Å²) >= 11 is 0. The fourth-order valence-electron chi connectivity index (χ4n) is 1.38. The molecule has 0 aliphatic heterocycles. The van der Waals surface area contributed by atoms with E-state index in [0.29, 0.717) is 0 Å². The van der Waals surface area contributed by atoms with Crippen molar-refractivity contribution in [3.8, 4) is 0 Å². The average molecular weight is 252 g/mol. The second-order valence-corrected chi connectivity index (χ2v) is 3.47. The summed E-state index contributed by atoms with van der Waals surface area (Å²) in [6.45, 7) is 4.55. The van der Waals surface area contributed by atoms with E-state index >= 15 is 0 Å². The van der Waals surface area contributed by atoms with Crippen molar-refractivity contribution in [1.82, 2.24) is 0 Å². The standard InChI is InChI=1S/C11H24.2ClH.Mg/c1-3-5-7-9-11-10-8-6-4-2;;;/h3-11H2,1-2H3;2*1H;/q;;;+2/p-2. The van der Waals surface area contributed by atoms with E-state index in [4.69, 9.17) is 0 Å². The Balaban J connectivity index is -0.000000167. The van der Waals surface area contributed by atoms with E-state index in [-0.39, 0.29) is 47.9 Å². The molecule has 0 aliphatic rings. The van der Waals surface area contributed by atoms with Crippen LogP contribution in [-0.4, -0.2) is 23.1 Å². The van der Waals surface area contributed by atoms with E-state index in [0.717, 1.165) is 0 Å². The van der Waals surface area contributed by atoms with E-state index in [9.17, 15) is 0 Å². The van der Waals surface area contributed by atoms with Gasteiger partial charge in [0.2, 0.25) is 0 Å². The van der Waals surface area contributed by atoms with Gasteiger partial charge in [0.1, 0.15) is 0 Å². The molecule has 0 rings (SSSR count). The van der Waals surface area contributed by atoms with Gasteiger partial charge >= 0.3 is 23.1 Å². The molecule has 0 bridgehead atoms. The fraction of sp³-hybridized carbons (Fsp3) is 1.00. The third kappa shape index (κ3) is 23.3. The van der Waals surface area contributed by atoms with Gasteiger partial charge in [0.25, 0.3) is 0 Å². The first-order valence-electron chi connectivity index (χ1n) is 5.41. The topological polar surface area (TPSA) is 0 Å². The summed E-state index contributed by atoms with van der Waals surface area (Å²) in [4.78, 5) is 0. The number of rotatable bonds is 8. The minimum atomic E-state index is 0. The molecule has 0 nitrogen and oxygen atoms in total. The quantitative estimate of drug-likeness (QED) is 0.352. The summed E-state index contributed by atoms with van der Waals surface area (Å²) in [5.74, 6) is 0. The monoisotopic (exact) mass is 250 g/mol. The van der Waals surface area contributed by atoms with Crippen molar-refractivity contribution in [3.05, 3.63) is 0 Å². The Morgan fingerprint density at radius 3 is 0.929 bits per heavy atom. The largest absolute Gasteiger partial charge is 2.00 e. The van der Waals surface area contributed by atoms with Gasteiger partial charge in [0, 0.05) is 0 Å². The summed E-state index contributed by atoms with van der Waals surface area (Å²) < 4.78 is 0. The van der Waals surface area contributed by atoms with E-state index in [2.05, 4.69) is 13.8 Å². The summed E-state index contributed by atoms with van der Waals surface area (Å²) in [7, 11) is 0. The molecule has 0 unspecified atom stereocenters. The molecule has 0 aliphatic carbocycles. The van der Waals surface area contributed by atoms with Crippen LogP contribution < -0.4 is 24.8 Å². The molecule has 0 saturated carbocycles. The second-order valence-electron chi connectivity index (χ2n) is 3.47. The molecule has 0 atom stereocenters. The van der Waals surface area contributed by atoms with Gasteiger partial charge in [0.15, 0.2) is 0 Å². The van der Waals surface area contributed by atoms with E-state index in [1.54, 1.807) is 0 Å². The third-order valence-electron chi connectivity index (χ3n) is 2.21. The van der Waals surface area contributed by atoms with Gasteiger partial charge in [0.05, 0.1) is 0 Å². The van der Waals surface area contributed by atoms with Crippen LogP contribution in [0, 0.1) is 0 Å². The van der Waals surface area contributed by atoms with Gasteiger partial charge in [-0.1, -0.05) is 71.6 Å². The van der Waals surface area contributed by atoms with Crippen molar-refractivity contribution in [1.29, 1.82) is 0 Å². The molecule has 14 heavy (non-hydrogen) atoms. The van der Waals surface area contributed by atoms with Crippen molar-refractivity contribution in [2.75, 3.05) is 0 Å². The van der Waals surface area contributed by atoms with Gasteiger partial charge < -0.3 is 24.8 Å². The summed E-state index contributed by atoms with van der Waals surface area (Å²) in [5.41, 5.74) is 0. The Morgan fingerprint density at radius 1 is 0.500 bits per heavy atom. The van der Waals surface area contributed by atoms with Gasteiger partial charge in [-0.05, 0) is 0 Å². The molecule has 3 heteroatoms. The predicted octanol–water partition coefficient (Wildman–Crippen LogP) is -1.84. The number of hydrogen-bond acceptors (Lipinski definition) is 0. The van der Waals surface area contributed by atoms with Gasteiger partial charge in [-0.25, -0.2) is 0 Å². The molecule has 0 aromatic heterocycles. The first-order chi connectivity index (χ1) is 5.41. The molecule has 84 valence electrons. The Hall–Kier alpha value is 1.35. The number of hydrogen-bond donors (Lipinski definition) is 0. The average Bonchev–Trinajstić information content (AvgIpc) is 2.03. The van der Waals surface area contributed by atoms with Crippen molar-refractivity contribution >= 4 is 23.1 Å². The van der Waals surface area contributed by atoms with Crippen LogP contribution in [0.5, 0.6) is 0 Å². The van der Waals surface area contributed by atoms with Crippen LogP contribution in [0.3, 0.4) is 0 Å². The summed E-state index contributed by atoms with van der Waals surface area (Å²) in [6, 6.07) is 0. The van der Waals surface area contributed by atoms with Crippen LogP contribution in [0.2, 0.25) is 0 Å². The number of unbranched alkanes of at least 4 members (excludes halogenated alkanes) is 8. The van der Waals surface area contributed by atoms with Crippen molar-refractivity contribution < 1.29 is 24.8 Å². The minimum absolute atomic E-state index is 0. The van der Waals surface area contributed by atoms with Gasteiger partial charge in [-0.2, -0.15) is 0 Å². The zero-order valence-corrected chi connectivity index (χ0v) is 12.8. The van der Waals surface area contributed by atoms with Gasteiger partial charge in [-0.3, -0.25) is 0 Å². The maximum atomic E-state index is 2.27. The predicted molar refractivity (Wildman–Crippen MR) is 58.7 cm³/mol. The molecule has 0 N–H and O–H groups in total. The van der Waals surface area contributed by atoms with Crippen LogP contribution in [-0.2, 0) is 0 Å². The van der Waals surface area contributed by atoms with Crippen LogP contribution in [0.15, 0.2) is 0 Å². The molecule has 0 saturated heterocycles. The smallest absolute Gasteiger partial charge is 1.00 e. The molecule has 0 spiro atoms. The number of halogens is 2. The molecule has 0 aromatic carbocycles. The summed E-state index contributed by atoms with van der Waals surface area (Å²) in [6.07, 6.45) is 13.0. The summed E-state index contributed by atoms with van der Waals surface area (Å²) in [5, 5.41) is 0. The molecular weight excluding hydrogens is 227 g/mol. The Kier molecular flexibility index (Phi) is 41.8. The van der Waals surface area contributed by atoms with Crippen molar-refractivity contribution in [2.24, 2.45) is 0 Å². The van der Waals surface area contributed by atoms with E-state index in [1.807, 2.05) is 0 Å². The van der Waals surface area contributed by atoms with Crippen LogP contribution >= 0.6 is 0 Å². The maximum absolute atomic E-state index is 2.27. The molecule has 0 fully saturated rings. The van der Waals surface area contributed by atoms with Crippen LogP contribution in [0.1, 0.15) is 71.6 Å². The van der Waals surface area contributed by atoms with E-state index < -0.39 is 0 Å². The maximum Gasteiger partial charge on any atom is 2.00 e. The van der Waals surface area contributed by atoms with E-state index in [1.165, 1.54) is 57.8 Å².